The first-order chi connectivity index (χ1) is 11.3. The first-order valence-electron chi connectivity index (χ1n) is 7.40. The zero-order chi connectivity index (χ0) is 17.9. The molecule has 0 aliphatic heterocycles. The molecular formula is C17H19BrN2O3S. The van der Waals surface area contributed by atoms with Crippen molar-refractivity contribution in [3.05, 3.63) is 52.5 Å². The fourth-order valence-electron chi connectivity index (χ4n) is 2.08. The number of aryl methyl sites for hydroxylation is 1. The number of rotatable bonds is 5. The minimum Gasteiger partial charge on any atom is -0.326 e. The standard InChI is InChI=1S/C17H19BrN2O3S/c1-4-17(21)19-13-5-8-15(9-6-13)24(22,23)20(3)14-7-10-16(18)12(2)11-14/h5-11H,4H2,1-3H3,(H,19,21). The Bertz CT molecular complexity index is 849. The van der Waals surface area contributed by atoms with E-state index in [9.17, 15) is 13.2 Å². The first kappa shape index (κ1) is 18.5. The van der Waals surface area contributed by atoms with Crippen LogP contribution in [0.15, 0.2) is 51.8 Å². The van der Waals surface area contributed by atoms with Crippen LogP contribution in [0.4, 0.5) is 11.4 Å². The number of hydrogen-bond acceptors (Lipinski definition) is 3. The van der Waals surface area contributed by atoms with Gasteiger partial charge < -0.3 is 5.32 Å². The van der Waals surface area contributed by atoms with E-state index in [4.69, 9.17) is 0 Å². The highest BCUT2D eigenvalue weighted by atomic mass is 79.9. The molecule has 1 N–H and O–H groups in total. The highest BCUT2D eigenvalue weighted by molar-refractivity contribution is 9.10. The predicted octanol–water partition coefficient (Wildman–Crippen LogP) is 3.93. The van der Waals surface area contributed by atoms with Crippen LogP contribution >= 0.6 is 15.9 Å². The molecule has 0 saturated carbocycles. The molecule has 0 aliphatic carbocycles. The molecule has 0 fully saturated rings. The van der Waals surface area contributed by atoms with Crippen LogP contribution in [-0.4, -0.2) is 21.4 Å². The summed E-state index contributed by atoms with van der Waals surface area (Å²) in [5, 5.41) is 2.69. The maximum Gasteiger partial charge on any atom is 0.264 e. The van der Waals surface area contributed by atoms with Gasteiger partial charge in [-0.05, 0) is 55.0 Å². The van der Waals surface area contributed by atoms with Crippen LogP contribution in [0.1, 0.15) is 18.9 Å². The molecular weight excluding hydrogens is 392 g/mol. The van der Waals surface area contributed by atoms with Gasteiger partial charge >= 0.3 is 0 Å². The molecule has 0 spiro atoms. The number of carbonyl (C=O) groups excluding carboxylic acids is 1. The van der Waals surface area contributed by atoms with Gasteiger partial charge in [-0.2, -0.15) is 0 Å². The van der Waals surface area contributed by atoms with Crippen LogP contribution in [0.5, 0.6) is 0 Å². The summed E-state index contributed by atoms with van der Waals surface area (Å²) in [7, 11) is -2.15. The molecule has 24 heavy (non-hydrogen) atoms. The van der Waals surface area contributed by atoms with Gasteiger partial charge in [0.2, 0.25) is 5.91 Å². The van der Waals surface area contributed by atoms with Crippen LogP contribution in [0.25, 0.3) is 0 Å². The highest BCUT2D eigenvalue weighted by Crippen LogP contribution is 2.27. The Morgan fingerprint density at radius 2 is 1.79 bits per heavy atom. The topological polar surface area (TPSA) is 66.5 Å². The molecule has 0 atom stereocenters. The van der Waals surface area contributed by atoms with Gasteiger partial charge in [0, 0.05) is 23.6 Å². The fourth-order valence-corrected chi connectivity index (χ4v) is 3.52. The summed E-state index contributed by atoms with van der Waals surface area (Å²) < 4.78 is 27.7. The number of amides is 1. The highest BCUT2D eigenvalue weighted by Gasteiger charge is 2.21. The molecule has 128 valence electrons. The Morgan fingerprint density at radius 3 is 2.33 bits per heavy atom. The number of anilines is 2. The summed E-state index contributed by atoms with van der Waals surface area (Å²) in [4.78, 5) is 11.5. The molecule has 2 rings (SSSR count). The lowest BCUT2D eigenvalue weighted by Gasteiger charge is -2.20. The minimum absolute atomic E-state index is 0.118. The fraction of sp³-hybridized carbons (Fsp3) is 0.235. The average molecular weight is 411 g/mol. The van der Waals surface area contributed by atoms with Crippen LogP contribution in [0, 0.1) is 6.92 Å². The van der Waals surface area contributed by atoms with Crippen molar-refractivity contribution in [1.29, 1.82) is 0 Å². The summed E-state index contributed by atoms with van der Waals surface area (Å²) >= 11 is 3.40. The van der Waals surface area contributed by atoms with Gasteiger partial charge in [-0.15, -0.1) is 0 Å². The van der Waals surface area contributed by atoms with Gasteiger partial charge in [-0.3, -0.25) is 9.10 Å². The Labute approximate surface area is 150 Å². The normalized spacial score (nSPS) is 11.2. The Morgan fingerprint density at radius 1 is 1.17 bits per heavy atom. The van der Waals surface area contributed by atoms with Crippen LogP contribution in [0.2, 0.25) is 0 Å². The third-order valence-electron chi connectivity index (χ3n) is 3.62. The monoisotopic (exact) mass is 410 g/mol. The van der Waals surface area contributed by atoms with Crippen molar-refractivity contribution in [2.24, 2.45) is 0 Å². The van der Waals surface area contributed by atoms with Crippen molar-refractivity contribution in [1.82, 2.24) is 0 Å². The van der Waals surface area contributed by atoms with Gasteiger partial charge in [-0.1, -0.05) is 22.9 Å². The lowest BCUT2D eigenvalue weighted by molar-refractivity contribution is -0.115. The summed E-state index contributed by atoms with van der Waals surface area (Å²) in [5.41, 5.74) is 2.11. The molecule has 0 unspecified atom stereocenters. The number of hydrogen-bond donors (Lipinski definition) is 1. The van der Waals surface area contributed by atoms with Gasteiger partial charge in [0.05, 0.1) is 10.6 Å². The van der Waals surface area contributed by atoms with E-state index >= 15 is 0 Å². The molecule has 2 aromatic rings. The molecule has 0 heterocycles. The van der Waals surface area contributed by atoms with E-state index in [0.29, 0.717) is 17.8 Å². The molecule has 0 aromatic heterocycles. The third kappa shape index (κ3) is 3.96. The molecule has 2 aromatic carbocycles. The maximum atomic E-state index is 12.7. The summed E-state index contributed by atoms with van der Waals surface area (Å²) in [6, 6.07) is 11.5. The zero-order valence-corrected chi connectivity index (χ0v) is 16.1. The number of carbonyl (C=O) groups is 1. The summed E-state index contributed by atoms with van der Waals surface area (Å²) in [6.45, 7) is 3.66. The van der Waals surface area contributed by atoms with Crippen molar-refractivity contribution < 1.29 is 13.2 Å². The average Bonchev–Trinajstić information content (AvgIpc) is 2.57. The second-order valence-corrected chi connectivity index (χ2v) is 8.16. The van der Waals surface area contributed by atoms with E-state index < -0.39 is 10.0 Å². The lowest BCUT2D eigenvalue weighted by atomic mass is 10.2. The second kappa shape index (κ2) is 7.36. The van der Waals surface area contributed by atoms with Gasteiger partial charge in [0.15, 0.2) is 0 Å². The number of nitrogens with zero attached hydrogens (tertiary/aromatic N) is 1. The van der Waals surface area contributed by atoms with E-state index in [1.54, 1.807) is 31.2 Å². The van der Waals surface area contributed by atoms with Crippen molar-refractivity contribution in [2.45, 2.75) is 25.2 Å². The zero-order valence-electron chi connectivity index (χ0n) is 13.7. The molecule has 1 amide bonds. The number of halogens is 1. The van der Waals surface area contributed by atoms with Gasteiger partial charge in [0.25, 0.3) is 10.0 Å². The lowest BCUT2D eigenvalue weighted by Crippen LogP contribution is -2.26. The van der Waals surface area contributed by atoms with Crippen molar-refractivity contribution >= 4 is 43.2 Å². The van der Waals surface area contributed by atoms with E-state index in [0.717, 1.165) is 10.0 Å². The Kier molecular flexibility index (Phi) is 5.66. The quantitative estimate of drug-likeness (QED) is 0.811. The van der Waals surface area contributed by atoms with Crippen LogP contribution in [-0.2, 0) is 14.8 Å². The van der Waals surface area contributed by atoms with Gasteiger partial charge in [0.1, 0.15) is 0 Å². The maximum absolute atomic E-state index is 12.7. The summed E-state index contributed by atoms with van der Waals surface area (Å²) in [5.74, 6) is -0.118. The predicted molar refractivity (Wildman–Crippen MR) is 99.8 cm³/mol. The van der Waals surface area contributed by atoms with Crippen LogP contribution in [0.3, 0.4) is 0 Å². The molecule has 0 saturated heterocycles. The molecule has 0 bridgehead atoms. The third-order valence-corrected chi connectivity index (χ3v) is 6.31. The molecule has 0 aliphatic rings. The number of nitrogens with one attached hydrogen (secondary N) is 1. The van der Waals surface area contributed by atoms with E-state index in [1.807, 2.05) is 13.0 Å². The molecule has 0 radical (unpaired) electrons. The van der Waals surface area contributed by atoms with E-state index in [2.05, 4.69) is 21.2 Å². The smallest absolute Gasteiger partial charge is 0.264 e. The van der Waals surface area contributed by atoms with Crippen LogP contribution < -0.4 is 9.62 Å². The number of sulfonamides is 1. The molecule has 5 nitrogen and oxygen atoms in total. The Hall–Kier alpha value is -1.86. The largest absolute Gasteiger partial charge is 0.326 e. The van der Waals surface area contributed by atoms with Crippen molar-refractivity contribution in [2.75, 3.05) is 16.7 Å². The number of benzene rings is 2. The molecule has 7 heteroatoms. The second-order valence-electron chi connectivity index (χ2n) is 5.33. The first-order valence-corrected chi connectivity index (χ1v) is 9.64. The Balaban J connectivity index is 2.28. The minimum atomic E-state index is -3.67. The van der Waals surface area contributed by atoms with E-state index in [1.165, 1.54) is 23.5 Å². The summed E-state index contributed by atoms with van der Waals surface area (Å²) in [6.07, 6.45) is 0.367. The SMILES string of the molecule is CCC(=O)Nc1ccc(S(=O)(=O)N(C)c2ccc(Br)c(C)c2)cc1. The van der Waals surface area contributed by atoms with E-state index in [-0.39, 0.29) is 10.8 Å². The van der Waals surface area contributed by atoms with Gasteiger partial charge in [-0.25, -0.2) is 8.42 Å². The van der Waals surface area contributed by atoms with Crippen molar-refractivity contribution in [3.63, 3.8) is 0 Å². The van der Waals surface area contributed by atoms with Crippen molar-refractivity contribution in [3.8, 4) is 0 Å².